The van der Waals surface area contributed by atoms with Gasteiger partial charge in [0.2, 0.25) is 17.7 Å². The molecule has 0 aliphatic rings. The van der Waals surface area contributed by atoms with Gasteiger partial charge in [0.25, 0.3) is 0 Å². The fraction of sp³-hybridized carbons (Fsp3) is 0.346. The van der Waals surface area contributed by atoms with Crippen LogP contribution >= 0.6 is 0 Å². The summed E-state index contributed by atoms with van der Waals surface area (Å²) < 4.78 is 0. The zero-order valence-corrected chi connectivity index (χ0v) is 21.4. The molecule has 0 bridgehead atoms. The fourth-order valence-electron chi connectivity index (χ4n) is 3.70. The van der Waals surface area contributed by atoms with Crippen LogP contribution in [0.5, 0.6) is 5.75 Å². The second kappa shape index (κ2) is 15.6. The van der Waals surface area contributed by atoms with Gasteiger partial charge in [0.1, 0.15) is 23.9 Å². The van der Waals surface area contributed by atoms with Gasteiger partial charge in [-0.05, 0) is 36.1 Å². The molecule has 0 aliphatic heterocycles. The number of benzene rings is 2. The Kier molecular flexibility index (Phi) is 12.2. The van der Waals surface area contributed by atoms with E-state index in [0.29, 0.717) is 17.5 Å². The normalized spacial score (nSPS) is 12.8. The minimum atomic E-state index is -1.25. The van der Waals surface area contributed by atoms with Crippen molar-refractivity contribution in [3.05, 3.63) is 65.7 Å². The van der Waals surface area contributed by atoms with Crippen molar-refractivity contribution in [1.82, 2.24) is 16.0 Å². The topological polar surface area (TPSA) is 235 Å². The van der Waals surface area contributed by atoms with Crippen LogP contribution in [-0.4, -0.2) is 71.1 Å². The quantitative estimate of drug-likeness (QED) is 0.0761. The van der Waals surface area contributed by atoms with Crippen LogP contribution in [0.2, 0.25) is 0 Å². The first-order valence-corrected chi connectivity index (χ1v) is 12.3. The first kappa shape index (κ1) is 30.6. The maximum Gasteiger partial charge on any atom is 0.326 e. The molecule has 0 saturated heterocycles. The first-order valence-electron chi connectivity index (χ1n) is 12.3. The van der Waals surface area contributed by atoms with Gasteiger partial charge in [-0.25, -0.2) is 4.79 Å². The van der Waals surface area contributed by atoms with Crippen molar-refractivity contribution in [2.75, 3.05) is 13.1 Å². The van der Waals surface area contributed by atoms with E-state index in [1.54, 1.807) is 42.5 Å². The molecule has 0 radical (unpaired) electrons. The number of aromatic hydroxyl groups is 1. The number of carboxylic acids is 1. The van der Waals surface area contributed by atoms with Crippen molar-refractivity contribution >= 4 is 29.7 Å². The Hall–Kier alpha value is -4.65. The average Bonchev–Trinajstić information content (AvgIpc) is 2.90. The summed E-state index contributed by atoms with van der Waals surface area (Å²) in [7, 11) is 0. The second-order valence-corrected chi connectivity index (χ2v) is 8.79. The van der Waals surface area contributed by atoms with E-state index in [2.05, 4.69) is 20.9 Å². The Balaban J connectivity index is 2.21. The number of guanidine groups is 1. The molecule has 2 aromatic rings. The fourth-order valence-corrected chi connectivity index (χ4v) is 3.70. The largest absolute Gasteiger partial charge is 0.508 e. The van der Waals surface area contributed by atoms with Gasteiger partial charge in [0.15, 0.2) is 5.96 Å². The summed E-state index contributed by atoms with van der Waals surface area (Å²) >= 11 is 0. The number of nitrogens with two attached hydrogens (primary N) is 3. The minimum absolute atomic E-state index is 0.0340. The summed E-state index contributed by atoms with van der Waals surface area (Å²) in [6, 6.07) is 11.3. The highest BCUT2D eigenvalue weighted by atomic mass is 16.4. The summed E-state index contributed by atoms with van der Waals surface area (Å²) in [5, 5.41) is 26.9. The highest BCUT2D eigenvalue weighted by molar-refractivity contribution is 5.93. The second-order valence-electron chi connectivity index (χ2n) is 8.79. The zero-order chi connectivity index (χ0) is 28.8. The van der Waals surface area contributed by atoms with Crippen LogP contribution in [0.15, 0.2) is 59.6 Å². The maximum atomic E-state index is 13.3. The number of aliphatic imine (C=N–C) groups is 1. The number of nitrogens with zero attached hydrogens (tertiary/aromatic N) is 1. The van der Waals surface area contributed by atoms with Crippen molar-refractivity contribution in [2.45, 2.75) is 43.8 Å². The molecule has 3 unspecified atom stereocenters. The van der Waals surface area contributed by atoms with Crippen molar-refractivity contribution in [1.29, 1.82) is 0 Å². The molecular formula is C26H35N7O6. The third kappa shape index (κ3) is 11.1. The van der Waals surface area contributed by atoms with E-state index in [0.717, 1.165) is 0 Å². The molecular weight excluding hydrogens is 506 g/mol. The van der Waals surface area contributed by atoms with E-state index in [9.17, 15) is 29.4 Å². The molecule has 3 amide bonds. The number of nitrogens with one attached hydrogen (secondary N) is 3. The van der Waals surface area contributed by atoms with Gasteiger partial charge in [-0.2, -0.15) is 0 Å². The molecule has 0 saturated carbocycles. The number of phenolic OH excluding ortho intramolecular Hbond substituents is 1. The number of hydrogen-bond donors (Lipinski definition) is 8. The molecule has 0 heterocycles. The zero-order valence-electron chi connectivity index (χ0n) is 21.4. The number of rotatable bonds is 15. The lowest BCUT2D eigenvalue weighted by molar-refractivity contribution is -0.142. The monoisotopic (exact) mass is 541 g/mol. The standard InChI is InChI=1S/C26H35N7O6/c27-15-22(35)31-20(13-17-8-10-18(34)11-9-17)24(37)32-19(7-4-12-30-26(28)29)23(36)33-21(25(38)39)14-16-5-2-1-3-6-16/h1-3,5-6,8-11,19-21,34H,4,7,12-15,27H2,(H,31,35)(H,32,37)(H,33,36)(H,38,39)(H4,28,29,30). The number of carboxylic acid groups (broad SMARTS) is 1. The molecule has 3 atom stereocenters. The number of hydrogen-bond acceptors (Lipinski definition) is 7. The van der Waals surface area contributed by atoms with Crippen LogP contribution in [0.25, 0.3) is 0 Å². The van der Waals surface area contributed by atoms with Gasteiger partial charge in [0, 0.05) is 19.4 Å². The van der Waals surface area contributed by atoms with Gasteiger partial charge in [-0.3, -0.25) is 19.4 Å². The van der Waals surface area contributed by atoms with Gasteiger partial charge in [0.05, 0.1) is 6.54 Å². The Morgan fingerprint density at radius 1 is 0.795 bits per heavy atom. The van der Waals surface area contributed by atoms with Crippen LogP contribution < -0.4 is 33.2 Å². The van der Waals surface area contributed by atoms with Crippen LogP contribution in [-0.2, 0) is 32.0 Å². The van der Waals surface area contributed by atoms with Crippen molar-refractivity contribution < 1.29 is 29.4 Å². The first-order chi connectivity index (χ1) is 18.6. The molecule has 0 aromatic heterocycles. The third-order valence-corrected chi connectivity index (χ3v) is 5.69. The smallest absolute Gasteiger partial charge is 0.326 e. The number of phenols is 1. The van der Waals surface area contributed by atoms with Crippen molar-refractivity contribution in [3.63, 3.8) is 0 Å². The number of amides is 3. The van der Waals surface area contributed by atoms with E-state index in [1.807, 2.05) is 0 Å². The van der Waals surface area contributed by atoms with Crippen molar-refractivity contribution in [2.24, 2.45) is 22.2 Å². The van der Waals surface area contributed by atoms with Gasteiger partial charge in [-0.15, -0.1) is 0 Å². The van der Waals surface area contributed by atoms with Crippen LogP contribution in [0.4, 0.5) is 0 Å². The van der Waals surface area contributed by atoms with E-state index in [1.165, 1.54) is 12.1 Å². The summed E-state index contributed by atoms with van der Waals surface area (Å²) in [6.07, 6.45) is 0.464. The van der Waals surface area contributed by atoms with E-state index in [4.69, 9.17) is 17.2 Å². The molecule has 0 aliphatic carbocycles. The summed E-state index contributed by atoms with van der Waals surface area (Å²) in [6.45, 7) is -0.184. The lowest BCUT2D eigenvalue weighted by atomic mass is 10.0. The van der Waals surface area contributed by atoms with Crippen LogP contribution in [0.1, 0.15) is 24.0 Å². The Labute approximate surface area is 225 Å². The molecule has 2 rings (SSSR count). The van der Waals surface area contributed by atoms with Crippen LogP contribution in [0.3, 0.4) is 0 Å². The van der Waals surface area contributed by atoms with Crippen molar-refractivity contribution in [3.8, 4) is 5.75 Å². The summed E-state index contributed by atoms with van der Waals surface area (Å²) in [5.41, 5.74) is 17.4. The number of carbonyl (C=O) groups excluding carboxylic acids is 3. The van der Waals surface area contributed by atoms with E-state index in [-0.39, 0.29) is 44.1 Å². The van der Waals surface area contributed by atoms with Gasteiger partial charge >= 0.3 is 5.97 Å². The molecule has 0 fully saturated rings. The summed E-state index contributed by atoms with van der Waals surface area (Å²) in [4.78, 5) is 54.2. The molecule has 13 heteroatoms. The predicted octanol–water partition coefficient (Wildman–Crippen LogP) is -1.27. The summed E-state index contributed by atoms with van der Waals surface area (Å²) in [5.74, 6) is -3.32. The van der Waals surface area contributed by atoms with E-state index < -0.39 is 41.8 Å². The highest BCUT2D eigenvalue weighted by Gasteiger charge is 2.29. The lowest BCUT2D eigenvalue weighted by Crippen LogP contribution is -2.57. The van der Waals surface area contributed by atoms with E-state index >= 15 is 0 Å². The molecule has 39 heavy (non-hydrogen) atoms. The molecule has 210 valence electrons. The predicted molar refractivity (Wildman–Crippen MR) is 144 cm³/mol. The molecule has 2 aromatic carbocycles. The Morgan fingerprint density at radius 3 is 1.95 bits per heavy atom. The minimum Gasteiger partial charge on any atom is -0.508 e. The molecule has 11 N–H and O–H groups in total. The highest BCUT2D eigenvalue weighted by Crippen LogP contribution is 2.12. The SMILES string of the molecule is NCC(=O)NC(Cc1ccc(O)cc1)C(=O)NC(CCCN=C(N)N)C(=O)NC(Cc1ccccc1)C(=O)O. The van der Waals surface area contributed by atoms with Gasteiger partial charge < -0.3 is 43.4 Å². The van der Waals surface area contributed by atoms with Crippen LogP contribution in [0, 0.1) is 0 Å². The molecule has 13 nitrogen and oxygen atoms in total. The maximum absolute atomic E-state index is 13.3. The average molecular weight is 542 g/mol. The molecule has 0 spiro atoms. The lowest BCUT2D eigenvalue weighted by Gasteiger charge is -2.24. The Morgan fingerprint density at radius 2 is 1.36 bits per heavy atom. The number of carbonyl (C=O) groups is 4. The van der Waals surface area contributed by atoms with Gasteiger partial charge in [-0.1, -0.05) is 42.5 Å². The Bertz CT molecular complexity index is 1140. The number of aliphatic carboxylic acids is 1. The third-order valence-electron chi connectivity index (χ3n) is 5.69.